The van der Waals surface area contributed by atoms with Crippen LogP contribution in [0, 0.1) is 17.0 Å². The van der Waals surface area contributed by atoms with Crippen LogP contribution in [0.5, 0.6) is 0 Å². The molecule has 0 aliphatic carbocycles. The van der Waals surface area contributed by atoms with Gasteiger partial charge >= 0.3 is 0 Å². The number of hydrogen-bond acceptors (Lipinski definition) is 1. The van der Waals surface area contributed by atoms with E-state index in [1.54, 1.807) is 7.05 Å². The minimum atomic E-state index is -0.532. The largest absolute Gasteiger partial charge is 0.356 e. The molecule has 0 bridgehead atoms. The molecule has 1 aromatic rings. The van der Waals surface area contributed by atoms with Crippen LogP contribution in [-0.2, 0) is 6.42 Å². The van der Waals surface area contributed by atoms with E-state index in [0.717, 1.165) is 31.5 Å². The molecule has 1 saturated heterocycles. The fourth-order valence-corrected chi connectivity index (χ4v) is 2.70. The van der Waals surface area contributed by atoms with Crippen molar-refractivity contribution < 1.29 is 8.78 Å². The number of benzene rings is 1. The molecule has 1 aromatic carbocycles. The predicted octanol–water partition coefficient (Wildman–Crippen LogP) is 3.43. The topological polar surface area (TPSA) is 27.6 Å². The zero-order valence-electron chi connectivity index (χ0n) is 13.3. The van der Waals surface area contributed by atoms with Crippen molar-refractivity contribution in [2.24, 2.45) is 10.4 Å². The van der Waals surface area contributed by atoms with Crippen molar-refractivity contribution in [3.63, 3.8) is 0 Å². The number of nitrogens with zero attached hydrogens (tertiary/aromatic N) is 2. The lowest BCUT2D eigenvalue weighted by atomic mass is 9.93. The minimum absolute atomic E-state index is 0. The van der Waals surface area contributed by atoms with E-state index in [1.165, 1.54) is 12.1 Å². The molecule has 6 heteroatoms. The summed E-state index contributed by atoms with van der Waals surface area (Å²) in [5, 5.41) is 3.27. The van der Waals surface area contributed by atoms with E-state index in [-0.39, 0.29) is 24.0 Å². The van der Waals surface area contributed by atoms with Gasteiger partial charge in [-0.3, -0.25) is 4.99 Å². The van der Waals surface area contributed by atoms with E-state index in [2.05, 4.69) is 29.1 Å². The highest BCUT2D eigenvalue weighted by Gasteiger charge is 2.30. The Hall–Kier alpha value is -0.920. The lowest BCUT2D eigenvalue weighted by Crippen LogP contribution is -2.41. The van der Waals surface area contributed by atoms with Gasteiger partial charge in [0.25, 0.3) is 0 Å². The summed E-state index contributed by atoms with van der Waals surface area (Å²) in [6, 6.07) is 3.63. The molecule has 1 fully saturated rings. The average Bonchev–Trinajstić information content (AvgIpc) is 2.74. The first kappa shape index (κ1) is 19.1. The Balaban J connectivity index is 0.00000242. The van der Waals surface area contributed by atoms with E-state index in [4.69, 9.17) is 0 Å². The Kier molecular flexibility index (Phi) is 7.02. The number of hydrogen-bond donors (Lipinski definition) is 1. The zero-order chi connectivity index (χ0) is 15.5. The van der Waals surface area contributed by atoms with E-state index < -0.39 is 11.6 Å². The maximum absolute atomic E-state index is 13.1. The third kappa shape index (κ3) is 5.37. The summed E-state index contributed by atoms with van der Waals surface area (Å²) in [5.74, 6) is -0.205. The molecule has 0 atom stereocenters. The van der Waals surface area contributed by atoms with Gasteiger partial charge in [0, 0.05) is 32.7 Å². The molecule has 3 nitrogen and oxygen atoms in total. The van der Waals surface area contributed by atoms with Gasteiger partial charge in [-0.1, -0.05) is 13.8 Å². The number of likely N-dealkylation sites (tertiary alicyclic amines) is 1. The summed E-state index contributed by atoms with van der Waals surface area (Å²) in [4.78, 5) is 6.51. The zero-order valence-corrected chi connectivity index (χ0v) is 15.7. The number of nitrogens with one attached hydrogen (secondary N) is 1. The Morgan fingerprint density at radius 3 is 2.41 bits per heavy atom. The predicted molar refractivity (Wildman–Crippen MR) is 96.8 cm³/mol. The first-order chi connectivity index (χ1) is 9.89. The molecule has 0 unspecified atom stereocenters. The first-order valence-corrected chi connectivity index (χ1v) is 7.30. The molecule has 0 saturated carbocycles. The van der Waals surface area contributed by atoms with Crippen molar-refractivity contribution in [1.82, 2.24) is 10.2 Å². The van der Waals surface area contributed by atoms with Crippen molar-refractivity contribution in [2.75, 3.05) is 26.7 Å². The van der Waals surface area contributed by atoms with Gasteiger partial charge in [-0.15, -0.1) is 24.0 Å². The van der Waals surface area contributed by atoms with Crippen LogP contribution in [0.15, 0.2) is 23.2 Å². The highest BCUT2D eigenvalue weighted by Crippen LogP contribution is 2.28. The Bertz CT molecular complexity index is 512. The van der Waals surface area contributed by atoms with Gasteiger partial charge in [0.05, 0.1) is 0 Å². The fourth-order valence-electron chi connectivity index (χ4n) is 2.70. The third-order valence-corrected chi connectivity index (χ3v) is 3.81. The van der Waals surface area contributed by atoms with Crippen molar-refractivity contribution in [3.8, 4) is 0 Å². The summed E-state index contributed by atoms with van der Waals surface area (Å²) >= 11 is 0. The van der Waals surface area contributed by atoms with Crippen LogP contribution in [0.4, 0.5) is 8.78 Å². The van der Waals surface area contributed by atoms with E-state index in [0.29, 0.717) is 23.9 Å². The fraction of sp³-hybridized carbons (Fsp3) is 0.562. The second kappa shape index (κ2) is 8.08. The van der Waals surface area contributed by atoms with Gasteiger partial charge in [-0.25, -0.2) is 8.78 Å². The van der Waals surface area contributed by atoms with Crippen LogP contribution in [0.2, 0.25) is 0 Å². The van der Waals surface area contributed by atoms with Crippen LogP contribution in [0.25, 0.3) is 0 Å². The van der Waals surface area contributed by atoms with Crippen LogP contribution in [0.1, 0.15) is 25.8 Å². The van der Waals surface area contributed by atoms with Gasteiger partial charge in [-0.2, -0.15) is 0 Å². The van der Waals surface area contributed by atoms with Crippen molar-refractivity contribution >= 4 is 29.9 Å². The standard InChI is InChI=1S/C16H23F2N3.HI/c1-16(2)5-7-21(11-16)15(19-3)20-6-4-12-8-13(17)10-14(18)9-12;/h8-10H,4-7,11H2,1-3H3,(H,19,20);1H. The summed E-state index contributed by atoms with van der Waals surface area (Å²) in [5.41, 5.74) is 0.959. The van der Waals surface area contributed by atoms with Gasteiger partial charge in [-0.05, 0) is 36.0 Å². The van der Waals surface area contributed by atoms with Gasteiger partial charge in [0.2, 0.25) is 0 Å². The summed E-state index contributed by atoms with van der Waals surface area (Å²) < 4.78 is 26.2. The highest BCUT2D eigenvalue weighted by molar-refractivity contribution is 14.0. The van der Waals surface area contributed by atoms with Crippen molar-refractivity contribution in [3.05, 3.63) is 35.4 Å². The minimum Gasteiger partial charge on any atom is -0.356 e. The molecule has 22 heavy (non-hydrogen) atoms. The number of guanidine groups is 1. The molecule has 1 aliphatic rings. The normalized spacial score (nSPS) is 17.3. The summed E-state index contributed by atoms with van der Waals surface area (Å²) in [7, 11) is 1.76. The smallest absolute Gasteiger partial charge is 0.193 e. The summed E-state index contributed by atoms with van der Waals surface area (Å²) in [6.07, 6.45) is 1.70. The molecule has 124 valence electrons. The van der Waals surface area contributed by atoms with E-state index >= 15 is 0 Å². The average molecular weight is 423 g/mol. The molecular weight excluding hydrogens is 399 g/mol. The van der Waals surface area contributed by atoms with Crippen LogP contribution in [0.3, 0.4) is 0 Å². The van der Waals surface area contributed by atoms with Crippen LogP contribution >= 0.6 is 24.0 Å². The monoisotopic (exact) mass is 423 g/mol. The molecule has 0 radical (unpaired) electrons. The van der Waals surface area contributed by atoms with Gasteiger partial charge in [0.15, 0.2) is 5.96 Å². The van der Waals surface area contributed by atoms with E-state index in [9.17, 15) is 8.78 Å². The molecule has 1 heterocycles. The molecule has 1 aliphatic heterocycles. The number of halogens is 3. The Labute approximate surface area is 148 Å². The lowest BCUT2D eigenvalue weighted by Gasteiger charge is -2.23. The maximum Gasteiger partial charge on any atom is 0.193 e. The number of aliphatic imine (C=N–C) groups is 1. The quantitative estimate of drug-likeness (QED) is 0.459. The third-order valence-electron chi connectivity index (χ3n) is 3.81. The molecular formula is C16H24F2IN3. The number of rotatable bonds is 3. The molecule has 2 rings (SSSR count). The van der Waals surface area contributed by atoms with Crippen molar-refractivity contribution in [1.29, 1.82) is 0 Å². The van der Waals surface area contributed by atoms with E-state index in [1.807, 2.05) is 0 Å². The highest BCUT2D eigenvalue weighted by atomic mass is 127. The Morgan fingerprint density at radius 2 is 1.91 bits per heavy atom. The first-order valence-electron chi connectivity index (χ1n) is 7.30. The van der Waals surface area contributed by atoms with Gasteiger partial charge in [0.1, 0.15) is 11.6 Å². The lowest BCUT2D eigenvalue weighted by molar-refractivity contribution is 0.370. The SMILES string of the molecule is CN=C(NCCc1cc(F)cc(F)c1)N1CCC(C)(C)C1.I. The van der Waals surface area contributed by atoms with Gasteiger partial charge < -0.3 is 10.2 Å². The van der Waals surface area contributed by atoms with Crippen LogP contribution < -0.4 is 5.32 Å². The molecule has 1 N–H and O–H groups in total. The molecule has 0 amide bonds. The summed E-state index contributed by atoms with van der Waals surface area (Å²) in [6.45, 7) is 7.06. The maximum atomic E-state index is 13.1. The van der Waals surface area contributed by atoms with Crippen LogP contribution in [-0.4, -0.2) is 37.5 Å². The van der Waals surface area contributed by atoms with Crippen molar-refractivity contribution in [2.45, 2.75) is 26.7 Å². The second-order valence-corrected chi connectivity index (χ2v) is 6.34. The molecule has 0 spiro atoms. The second-order valence-electron chi connectivity index (χ2n) is 6.34. The molecule has 0 aromatic heterocycles. The Morgan fingerprint density at radius 1 is 1.27 bits per heavy atom.